The van der Waals surface area contributed by atoms with Crippen molar-refractivity contribution in [3.8, 4) is 5.75 Å². The highest BCUT2D eigenvalue weighted by molar-refractivity contribution is 9.10. The molecule has 0 heterocycles. The molecule has 2 nitrogen and oxygen atoms in total. The van der Waals surface area contributed by atoms with Crippen molar-refractivity contribution in [2.45, 2.75) is 6.92 Å². The molecule has 88 valence electrons. The number of aryl methyl sites for hydroxylation is 1. The summed E-state index contributed by atoms with van der Waals surface area (Å²) in [5.41, 5.74) is 2.16. The van der Waals surface area contributed by atoms with Crippen molar-refractivity contribution >= 4 is 44.8 Å². The zero-order valence-corrected chi connectivity index (χ0v) is 12.1. The van der Waals surface area contributed by atoms with Crippen LogP contribution in [-0.4, -0.2) is 13.7 Å². The fraction of sp³-hybridized carbons (Fsp3) is 0.273. The van der Waals surface area contributed by atoms with E-state index in [9.17, 15) is 0 Å². The lowest BCUT2D eigenvalue weighted by Gasteiger charge is -2.11. The average molecular weight is 325 g/mol. The molecular weight excluding hydrogens is 313 g/mol. The topological polar surface area (TPSA) is 21.3 Å². The number of hydrogen-bond acceptors (Lipinski definition) is 2. The summed E-state index contributed by atoms with van der Waals surface area (Å²) in [6.45, 7) is 2.36. The highest BCUT2D eigenvalue weighted by atomic mass is 79.9. The molecule has 0 spiro atoms. The van der Waals surface area contributed by atoms with Crippen LogP contribution >= 0.6 is 39.1 Å². The Bertz CT molecular complexity index is 380. The van der Waals surface area contributed by atoms with Crippen LogP contribution in [0.15, 0.2) is 27.2 Å². The Balaban J connectivity index is 2.80. The summed E-state index contributed by atoms with van der Waals surface area (Å²) in [6, 6.07) is 3.85. The zero-order chi connectivity index (χ0) is 12.1. The summed E-state index contributed by atoms with van der Waals surface area (Å²) in [6.07, 6.45) is 1.60. The van der Waals surface area contributed by atoms with Gasteiger partial charge in [0.15, 0.2) is 0 Å². The third-order valence-electron chi connectivity index (χ3n) is 2.00. The van der Waals surface area contributed by atoms with Crippen molar-refractivity contribution in [3.05, 3.63) is 32.7 Å². The second-order valence-electron chi connectivity index (χ2n) is 3.15. The molecule has 0 saturated carbocycles. The van der Waals surface area contributed by atoms with Crippen LogP contribution in [0.4, 0.5) is 5.69 Å². The summed E-state index contributed by atoms with van der Waals surface area (Å²) < 4.78 is 6.65. The number of rotatable bonds is 4. The van der Waals surface area contributed by atoms with Crippen molar-refractivity contribution in [1.29, 1.82) is 0 Å². The predicted octanol–water partition coefficient (Wildman–Crippen LogP) is 4.50. The maximum Gasteiger partial charge on any atom is 0.121 e. The van der Waals surface area contributed by atoms with Gasteiger partial charge in [-0.05, 0) is 46.6 Å². The van der Waals surface area contributed by atoms with Gasteiger partial charge in [0.25, 0.3) is 0 Å². The Morgan fingerprint density at radius 2 is 2.19 bits per heavy atom. The van der Waals surface area contributed by atoms with E-state index in [2.05, 4.69) is 21.2 Å². The largest absolute Gasteiger partial charge is 0.489 e. The second kappa shape index (κ2) is 6.38. The summed E-state index contributed by atoms with van der Waals surface area (Å²) >= 11 is 14.4. The summed E-state index contributed by atoms with van der Waals surface area (Å²) in [7, 11) is 1.88. The van der Waals surface area contributed by atoms with Crippen LogP contribution in [0.2, 0.25) is 0 Å². The van der Waals surface area contributed by atoms with Crippen LogP contribution in [0, 0.1) is 6.92 Å². The number of nitrogens with one attached hydrogen (secondary N) is 1. The van der Waals surface area contributed by atoms with Crippen molar-refractivity contribution in [2.24, 2.45) is 0 Å². The highest BCUT2D eigenvalue weighted by Gasteiger charge is 2.04. The number of anilines is 1. The van der Waals surface area contributed by atoms with Crippen molar-refractivity contribution in [1.82, 2.24) is 0 Å². The van der Waals surface area contributed by atoms with E-state index in [1.807, 2.05) is 26.1 Å². The van der Waals surface area contributed by atoms with Gasteiger partial charge in [0.2, 0.25) is 0 Å². The Hall–Kier alpha value is -0.380. The van der Waals surface area contributed by atoms with Crippen molar-refractivity contribution in [2.75, 3.05) is 19.0 Å². The van der Waals surface area contributed by atoms with Crippen LogP contribution < -0.4 is 10.1 Å². The number of benzene rings is 1. The van der Waals surface area contributed by atoms with Gasteiger partial charge in [-0.15, -0.1) is 0 Å². The van der Waals surface area contributed by atoms with Gasteiger partial charge in [-0.1, -0.05) is 23.2 Å². The van der Waals surface area contributed by atoms with Gasteiger partial charge in [-0.3, -0.25) is 0 Å². The van der Waals surface area contributed by atoms with Gasteiger partial charge in [0, 0.05) is 11.5 Å². The van der Waals surface area contributed by atoms with Gasteiger partial charge in [-0.2, -0.15) is 0 Å². The predicted molar refractivity (Wildman–Crippen MR) is 73.7 cm³/mol. The lowest BCUT2D eigenvalue weighted by atomic mass is 10.2. The van der Waals surface area contributed by atoms with Gasteiger partial charge < -0.3 is 10.1 Å². The zero-order valence-electron chi connectivity index (χ0n) is 8.98. The van der Waals surface area contributed by atoms with Crippen molar-refractivity contribution < 1.29 is 4.74 Å². The molecule has 1 N–H and O–H groups in total. The molecule has 0 unspecified atom stereocenters. The van der Waals surface area contributed by atoms with E-state index in [0.717, 1.165) is 21.5 Å². The monoisotopic (exact) mass is 323 g/mol. The standard InChI is InChI=1S/C11H12BrCl2NO/c1-7-5-8(16-4-3-10(13)14)6-9(12)11(7)15-2/h3,5-6,15H,4H2,1-2H3. The van der Waals surface area contributed by atoms with E-state index < -0.39 is 0 Å². The molecule has 0 amide bonds. The molecule has 0 aromatic heterocycles. The van der Waals surface area contributed by atoms with E-state index in [4.69, 9.17) is 27.9 Å². The normalized spacial score (nSPS) is 9.81. The van der Waals surface area contributed by atoms with Crippen LogP contribution in [0.3, 0.4) is 0 Å². The number of hydrogen-bond donors (Lipinski definition) is 1. The molecule has 5 heteroatoms. The molecule has 0 radical (unpaired) electrons. The quantitative estimate of drug-likeness (QED) is 0.880. The van der Waals surface area contributed by atoms with Crippen LogP contribution in [0.5, 0.6) is 5.75 Å². The van der Waals surface area contributed by atoms with Crippen LogP contribution in [0.25, 0.3) is 0 Å². The molecular formula is C11H12BrCl2NO. The number of halogens is 3. The van der Waals surface area contributed by atoms with E-state index in [0.29, 0.717) is 6.61 Å². The lowest BCUT2D eigenvalue weighted by Crippen LogP contribution is -1.97. The Morgan fingerprint density at radius 1 is 1.50 bits per heavy atom. The highest BCUT2D eigenvalue weighted by Crippen LogP contribution is 2.30. The SMILES string of the molecule is CNc1c(C)cc(OCC=C(Cl)Cl)cc1Br. The third kappa shape index (κ3) is 3.89. The van der Waals surface area contributed by atoms with Gasteiger partial charge >= 0.3 is 0 Å². The fourth-order valence-corrected chi connectivity index (χ4v) is 2.18. The molecule has 1 aromatic carbocycles. The van der Waals surface area contributed by atoms with Gasteiger partial charge in [0.1, 0.15) is 16.8 Å². The minimum atomic E-state index is 0.211. The van der Waals surface area contributed by atoms with Crippen molar-refractivity contribution in [3.63, 3.8) is 0 Å². The molecule has 0 aliphatic heterocycles. The molecule has 0 atom stereocenters. The second-order valence-corrected chi connectivity index (χ2v) is 5.01. The molecule has 0 aliphatic carbocycles. The van der Waals surface area contributed by atoms with E-state index in [1.165, 1.54) is 0 Å². The van der Waals surface area contributed by atoms with Crippen LogP contribution in [-0.2, 0) is 0 Å². The summed E-state index contributed by atoms with van der Waals surface area (Å²) in [5, 5.41) is 3.11. The van der Waals surface area contributed by atoms with Gasteiger partial charge in [0.05, 0.1) is 5.69 Å². The smallest absolute Gasteiger partial charge is 0.121 e. The van der Waals surface area contributed by atoms with Crippen LogP contribution in [0.1, 0.15) is 5.56 Å². The van der Waals surface area contributed by atoms with E-state index in [1.54, 1.807) is 6.08 Å². The average Bonchev–Trinajstić information content (AvgIpc) is 2.16. The minimum Gasteiger partial charge on any atom is -0.489 e. The molecule has 1 aromatic rings. The summed E-state index contributed by atoms with van der Waals surface area (Å²) in [5.74, 6) is 0.772. The Kier molecular flexibility index (Phi) is 5.46. The van der Waals surface area contributed by atoms with Gasteiger partial charge in [-0.25, -0.2) is 0 Å². The fourth-order valence-electron chi connectivity index (χ4n) is 1.31. The maximum atomic E-state index is 5.48. The third-order valence-corrected chi connectivity index (χ3v) is 2.93. The first-order valence-electron chi connectivity index (χ1n) is 4.66. The van der Waals surface area contributed by atoms with E-state index in [-0.39, 0.29) is 4.49 Å². The first kappa shape index (κ1) is 13.7. The first-order chi connectivity index (χ1) is 7.54. The molecule has 0 fully saturated rings. The summed E-state index contributed by atoms with van der Waals surface area (Å²) in [4.78, 5) is 0. The molecule has 0 aliphatic rings. The lowest BCUT2D eigenvalue weighted by molar-refractivity contribution is 0.362. The Labute approximate surface area is 114 Å². The molecule has 1 rings (SSSR count). The maximum absolute atomic E-state index is 5.48. The number of ether oxygens (including phenoxy) is 1. The molecule has 0 bridgehead atoms. The Morgan fingerprint density at radius 3 is 2.69 bits per heavy atom. The minimum absolute atomic E-state index is 0.211. The molecule has 16 heavy (non-hydrogen) atoms. The van der Waals surface area contributed by atoms with E-state index >= 15 is 0 Å². The molecule has 0 saturated heterocycles. The first-order valence-corrected chi connectivity index (χ1v) is 6.21.